The lowest BCUT2D eigenvalue weighted by Crippen LogP contribution is -2.16. The largest absolute Gasteiger partial charge is 0.491 e. The Hall–Kier alpha value is -0.970. The number of hydrogen-bond donors (Lipinski definition) is 2. The first kappa shape index (κ1) is 14.4. The van der Waals surface area contributed by atoms with Crippen LogP contribution >= 0.6 is 11.6 Å². The maximum absolute atomic E-state index is 9.14. The lowest BCUT2D eigenvalue weighted by atomic mass is 10.1. The molecule has 1 fully saturated rings. The van der Waals surface area contributed by atoms with Crippen LogP contribution in [0.3, 0.4) is 0 Å². The van der Waals surface area contributed by atoms with E-state index in [1.807, 2.05) is 6.07 Å². The fraction of sp³-hybridized carbons (Fsp3) is 0.571. The third-order valence-corrected chi connectivity index (χ3v) is 3.74. The van der Waals surface area contributed by atoms with Gasteiger partial charge in [-0.05, 0) is 43.4 Å². The summed E-state index contributed by atoms with van der Waals surface area (Å²) in [7, 11) is 1.56. The van der Waals surface area contributed by atoms with Crippen LogP contribution in [-0.4, -0.2) is 24.9 Å². The van der Waals surface area contributed by atoms with Crippen LogP contribution in [0.25, 0.3) is 0 Å². The fourth-order valence-corrected chi connectivity index (χ4v) is 2.68. The number of methoxy groups -OCH3 is 1. The van der Waals surface area contributed by atoms with Crippen molar-refractivity contribution < 1.29 is 14.6 Å². The normalized spacial score (nSPS) is 17.5. The third kappa shape index (κ3) is 3.32. The molecule has 0 spiro atoms. The number of aliphatic hydroxyl groups is 1. The van der Waals surface area contributed by atoms with Crippen LogP contribution in [0.1, 0.15) is 37.3 Å². The fourth-order valence-electron chi connectivity index (χ4n) is 2.38. The van der Waals surface area contributed by atoms with Gasteiger partial charge in [0.25, 0.3) is 0 Å². The molecule has 4 nitrogen and oxygen atoms in total. The molecular weight excluding hydrogens is 266 g/mol. The van der Waals surface area contributed by atoms with Crippen LogP contribution in [-0.2, 0) is 0 Å². The minimum absolute atomic E-state index is 0.133. The van der Waals surface area contributed by atoms with Gasteiger partial charge in [0.1, 0.15) is 0 Å². The molecule has 1 aromatic rings. The molecule has 3 N–H and O–H groups in total. The Bertz CT molecular complexity index is 433. The molecule has 1 unspecified atom stereocenters. The van der Waals surface area contributed by atoms with Gasteiger partial charge in [-0.25, -0.2) is 0 Å². The van der Waals surface area contributed by atoms with E-state index in [9.17, 15) is 0 Å². The molecule has 1 aliphatic rings. The lowest BCUT2D eigenvalue weighted by molar-refractivity contribution is 0.200. The standard InChI is InChI=1S/C14H20ClNO3/c1-18-14-11(15)6-9(12(16)8-17)7-13(14)19-10-4-2-3-5-10/h6-7,10,12,17H,2-5,8,16H2,1H3. The van der Waals surface area contributed by atoms with Crippen molar-refractivity contribution in [3.63, 3.8) is 0 Å². The van der Waals surface area contributed by atoms with E-state index in [2.05, 4.69) is 0 Å². The number of aliphatic hydroxyl groups excluding tert-OH is 1. The number of rotatable bonds is 5. The summed E-state index contributed by atoms with van der Waals surface area (Å²) in [6.07, 6.45) is 4.70. The Labute approximate surface area is 118 Å². The van der Waals surface area contributed by atoms with E-state index in [0.717, 1.165) is 18.4 Å². The predicted octanol–water partition coefficient (Wildman–Crippen LogP) is 2.66. The number of ether oxygens (including phenoxy) is 2. The zero-order valence-electron chi connectivity index (χ0n) is 11.1. The Balaban J connectivity index is 2.29. The quantitative estimate of drug-likeness (QED) is 0.873. The summed E-state index contributed by atoms with van der Waals surface area (Å²) in [5.41, 5.74) is 6.58. The smallest absolute Gasteiger partial charge is 0.179 e. The summed E-state index contributed by atoms with van der Waals surface area (Å²) < 4.78 is 11.3. The van der Waals surface area contributed by atoms with Crippen LogP contribution in [0.4, 0.5) is 0 Å². The maximum atomic E-state index is 9.14. The van der Waals surface area contributed by atoms with Crippen LogP contribution in [0.5, 0.6) is 11.5 Å². The Kier molecular flexibility index (Phi) is 4.91. The van der Waals surface area contributed by atoms with Crippen molar-refractivity contribution in [3.8, 4) is 11.5 Å². The molecule has 2 rings (SSSR count). The molecule has 106 valence electrons. The van der Waals surface area contributed by atoms with Crippen LogP contribution in [0.2, 0.25) is 5.02 Å². The highest BCUT2D eigenvalue weighted by atomic mass is 35.5. The van der Waals surface area contributed by atoms with Gasteiger partial charge in [0.15, 0.2) is 11.5 Å². The van der Waals surface area contributed by atoms with Gasteiger partial charge in [-0.2, -0.15) is 0 Å². The van der Waals surface area contributed by atoms with Gasteiger partial charge in [0, 0.05) is 0 Å². The number of nitrogens with two attached hydrogens (primary N) is 1. The van der Waals surface area contributed by atoms with E-state index in [1.165, 1.54) is 12.8 Å². The zero-order chi connectivity index (χ0) is 13.8. The van der Waals surface area contributed by atoms with E-state index >= 15 is 0 Å². The van der Waals surface area contributed by atoms with E-state index in [-0.39, 0.29) is 12.7 Å². The summed E-state index contributed by atoms with van der Waals surface area (Å²) in [5, 5.41) is 9.60. The first-order valence-corrected chi connectivity index (χ1v) is 6.94. The average molecular weight is 286 g/mol. The van der Waals surface area contributed by atoms with E-state index < -0.39 is 6.04 Å². The van der Waals surface area contributed by atoms with Crippen LogP contribution in [0.15, 0.2) is 12.1 Å². The van der Waals surface area contributed by atoms with Crippen LogP contribution < -0.4 is 15.2 Å². The van der Waals surface area contributed by atoms with Crippen molar-refractivity contribution in [1.82, 2.24) is 0 Å². The Morgan fingerprint density at radius 1 is 1.42 bits per heavy atom. The van der Waals surface area contributed by atoms with Crippen molar-refractivity contribution in [2.75, 3.05) is 13.7 Å². The van der Waals surface area contributed by atoms with Gasteiger partial charge < -0.3 is 20.3 Å². The molecule has 0 amide bonds. The Morgan fingerprint density at radius 2 is 2.11 bits per heavy atom. The molecule has 1 saturated carbocycles. The molecule has 0 bridgehead atoms. The highest BCUT2D eigenvalue weighted by Crippen LogP contribution is 2.39. The van der Waals surface area contributed by atoms with Gasteiger partial charge in [-0.1, -0.05) is 11.6 Å². The summed E-state index contributed by atoms with van der Waals surface area (Å²) in [6.45, 7) is -0.133. The van der Waals surface area contributed by atoms with E-state index in [0.29, 0.717) is 16.5 Å². The van der Waals surface area contributed by atoms with E-state index in [4.69, 9.17) is 31.9 Å². The van der Waals surface area contributed by atoms with Gasteiger partial charge in [-0.15, -0.1) is 0 Å². The molecule has 1 atom stereocenters. The first-order valence-electron chi connectivity index (χ1n) is 6.56. The Morgan fingerprint density at radius 3 is 2.68 bits per heavy atom. The lowest BCUT2D eigenvalue weighted by Gasteiger charge is -2.19. The molecule has 19 heavy (non-hydrogen) atoms. The second-order valence-electron chi connectivity index (χ2n) is 4.85. The van der Waals surface area contributed by atoms with Crippen molar-refractivity contribution in [2.45, 2.75) is 37.8 Å². The topological polar surface area (TPSA) is 64.7 Å². The molecule has 1 aromatic carbocycles. The van der Waals surface area contributed by atoms with Gasteiger partial charge in [-0.3, -0.25) is 0 Å². The number of hydrogen-bond acceptors (Lipinski definition) is 4. The zero-order valence-corrected chi connectivity index (χ0v) is 11.8. The number of halogens is 1. The SMILES string of the molecule is COc1c(Cl)cc(C(N)CO)cc1OC1CCCC1. The third-order valence-electron chi connectivity index (χ3n) is 3.46. The minimum Gasteiger partial charge on any atom is -0.491 e. The van der Waals surface area contributed by atoms with Gasteiger partial charge in [0.2, 0.25) is 0 Å². The second-order valence-corrected chi connectivity index (χ2v) is 5.25. The average Bonchev–Trinajstić information content (AvgIpc) is 2.90. The number of benzene rings is 1. The van der Waals surface area contributed by atoms with Crippen molar-refractivity contribution >= 4 is 11.6 Å². The van der Waals surface area contributed by atoms with Crippen molar-refractivity contribution in [3.05, 3.63) is 22.7 Å². The maximum Gasteiger partial charge on any atom is 0.179 e. The van der Waals surface area contributed by atoms with Gasteiger partial charge >= 0.3 is 0 Å². The second kappa shape index (κ2) is 6.46. The summed E-state index contributed by atoms with van der Waals surface area (Å²) in [4.78, 5) is 0. The first-order chi connectivity index (χ1) is 9.15. The predicted molar refractivity (Wildman–Crippen MR) is 74.9 cm³/mol. The molecule has 5 heteroatoms. The molecule has 1 aliphatic carbocycles. The molecule has 0 saturated heterocycles. The van der Waals surface area contributed by atoms with E-state index in [1.54, 1.807) is 13.2 Å². The molecular formula is C14H20ClNO3. The molecule has 0 heterocycles. The molecule has 0 aliphatic heterocycles. The summed E-state index contributed by atoms with van der Waals surface area (Å²) >= 11 is 6.18. The molecule has 0 radical (unpaired) electrons. The summed E-state index contributed by atoms with van der Waals surface area (Å²) in [5.74, 6) is 1.14. The van der Waals surface area contributed by atoms with Crippen molar-refractivity contribution in [1.29, 1.82) is 0 Å². The highest BCUT2D eigenvalue weighted by Gasteiger charge is 2.21. The monoisotopic (exact) mass is 285 g/mol. The van der Waals surface area contributed by atoms with Crippen molar-refractivity contribution in [2.24, 2.45) is 5.73 Å². The minimum atomic E-state index is -0.464. The summed E-state index contributed by atoms with van der Waals surface area (Å²) in [6, 6.07) is 3.06. The van der Waals surface area contributed by atoms with Crippen LogP contribution in [0, 0.1) is 0 Å². The van der Waals surface area contributed by atoms with Gasteiger partial charge in [0.05, 0.1) is 30.9 Å². The molecule has 0 aromatic heterocycles. The highest BCUT2D eigenvalue weighted by molar-refractivity contribution is 6.32.